The van der Waals surface area contributed by atoms with E-state index in [1.54, 1.807) is 0 Å². The maximum atomic E-state index is 9.84. The summed E-state index contributed by atoms with van der Waals surface area (Å²) in [6.07, 6.45) is 4.05. The van der Waals surface area contributed by atoms with Crippen LogP contribution in [-0.2, 0) is 0 Å². The molecule has 3 nitrogen and oxygen atoms in total. The Bertz CT molecular complexity index is 398. The SMILES string of the molecule is Cc1cccc(N)c1N1C2CCC1CC(O)C2. The second-order valence-electron chi connectivity index (χ2n) is 5.43. The van der Waals surface area contributed by atoms with Crippen LogP contribution in [0.25, 0.3) is 0 Å². The average Bonchev–Trinajstić information content (AvgIpc) is 2.54. The van der Waals surface area contributed by atoms with E-state index in [-0.39, 0.29) is 6.10 Å². The van der Waals surface area contributed by atoms with Crippen LogP contribution in [0.3, 0.4) is 0 Å². The zero-order valence-electron chi connectivity index (χ0n) is 10.3. The molecule has 0 amide bonds. The van der Waals surface area contributed by atoms with E-state index in [2.05, 4.69) is 17.9 Å². The fraction of sp³-hybridized carbons (Fsp3) is 0.571. The van der Waals surface area contributed by atoms with Crippen LogP contribution in [0.5, 0.6) is 0 Å². The van der Waals surface area contributed by atoms with Crippen LogP contribution < -0.4 is 10.6 Å². The van der Waals surface area contributed by atoms with Gasteiger partial charge in [-0.05, 0) is 44.2 Å². The van der Waals surface area contributed by atoms with Crippen LogP contribution in [0.4, 0.5) is 11.4 Å². The highest BCUT2D eigenvalue weighted by molar-refractivity contribution is 5.72. The zero-order chi connectivity index (χ0) is 12.0. The summed E-state index contributed by atoms with van der Waals surface area (Å²) in [5, 5.41) is 9.84. The van der Waals surface area contributed by atoms with E-state index in [9.17, 15) is 5.11 Å². The first-order chi connectivity index (χ1) is 8.16. The molecule has 3 N–H and O–H groups in total. The third-order valence-electron chi connectivity index (χ3n) is 4.24. The first kappa shape index (κ1) is 10.9. The summed E-state index contributed by atoms with van der Waals surface area (Å²) >= 11 is 0. The lowest BCUT2D eigenvalue weighted by Gasteiger charge is -2.40. The molecular formula is C14H20N2O. The molecule has 3 heteroatoms. The van der Waals surface area contributed by atoms with Crippen molar-refractivity contribution >= 4 is 11.4 Å². The minimum absolute atomic E-state index is 0.117. The number of anilines is 2. The molecule has 92 valence electrons. The lowest BCUT2D eigenvalue weighted by atomic mass is 9.97. The molecule has 2 bridgehead atoms. The van der Waals surface area contributed by atoms with Crippen LogP contribution in [0, 0.1) is 6.92 Å². The Kier molecular flexibility index (Phi) is 2.51. The van der Waals surface area contributed by atoms with E-state index in [0.717, 1.165) is 18.5 Å². The first-order valence-corrected chi connectivity index (χ1v) is 6.48. The van der Waals surface area contributed by atoms with Gasteiger partial charge in [-0.15, -0.1) is 0 Å². The second-order valence-corrected chi connectivity index (χ2v) is 5.43. The molecule has 3 rings (SSSR count). The molecule has 2 aliphatic heterocycles. The van der Waals surface area contributed by atoms with E-state index in [1.165, 1.54) is 24.1 Å². The van der Waals surface area contributed by atoms with Crippen molar-refractivity contribution < 1.29 is 5.11 Å². The van der Waals surface area contributed by atoms with Crippen LogP contribution in [0.15, 0.2) is 18.2 Å². The van der Waals surface area contributed by atoms with Gasteiger partial charge < -0.3 is 15.7 Å². The number of fused-ring (bicyclic) bond motifs is 2. The van der Waals surface area contributed by atoms with Crippen molar-refractivity contribution in [3.63, 3.8) is 0 Å². The summed E-state index contributed by atoms with van der Waals surface area (Å²) in [5.41, 5.74) is 9.46. The number of aliphatic hydroxyl groups is 1. The number of piperidine rings is 1. The van der Waals surface area contributed by atoms with Crippen molar-refractivity contribution in [3.05, 3.63) is 23.8 Å². The number of nitrogen functional groups attached to an aromatic ring is 1. The summed E-state index contributed by atoms with van der Waals surface area (Å²) in [4.78, 5) is 2.47. The molecule has 2 aliphatic rings. The molecule has 2 unspecified atom stereocenters. The molecule has 17 heavy (non-hydrogen) atoms. The predicted octanol–water partition coefficient (Wildman–Crippen LogP) is 2.07. The van der Waals surface area contributed by atoms with Gasteiger partial charge >= 0.3 is 0 Å². The lowest BCUT2D eigenvalue weighted by Crippen LogP contribution is -2.45. The van der Waals surface area contributed by atoms with Gasteiger partial charge in [0, 0.05) is 12.1 Å². The monoisotopic (exact) mass is 232 g/mol. The van der Waals surface area contributed by atoms with Gasteiger partial charge in [-0.3, -0.25) is 0 Å². The molecule has 1 aromatic rings. The third kappa shape index (κ3) is 1.69. The molecule has 0 spiro atoms. The van der Waals surface area contributed by atoms with Crippen LogP contribution in [-0.4, -0.2) is 23.3 Å². The minimum Gasteiger partial charge on any atom is -0.397 e. The summed E-state index contributed by atoms with van der Waals surface area (Å²) in [5.74, 6) is 0. The Morgan fingerprint density at radius 1 is 1.24 bits per heavy atom. The van der Waals surface area contributed by atoms with Gasteiger partial charge in [0.05, 0.1) is 17.5 Å². The van der Waals surface area contributed by atoms with Crippen molar-refractivity contribution in [1.29, 1.82) is 0 Å². The maximum absolute atomic E-state index is 9.84. The van der Waals surface area contributed by atoms with E-state index < -0.39 is 0 Å². The molecule has 2 heterocycles. The van der Waals surface area contributed by atoms with Crippen LogP contribution in [0.1, 0.15) is 31.2 Å². The van der Waals surface area contributed by atoms with Gasteiger partial charge in [0.25, 0.3) is 0 Å². The number of rotatable bonds is 1. The van der Waals surface area contributed by atoms with Crippen molar-refractivity contribution in [2.75, 3.05) is 10.6 Å². The smallest absolute Gasteiger partial charge is 0.0634 e. The summed E-state index contributed by atoms with van der Waals surface area (Å²) in [7, 11) is 0. The molecule has 2 fully saturated rings. The molecule has 2 saturated heterocycles. The second kappa shape index (κ2) is 3.91. The van der Waals surface area contributed by atoms with Gasteiger partial charge in [-0.1, -0.05) is 12.1 Å². The van der Waals surface area contributed by atoms with Gasteiger partial charge in [0.1, 0.15) is 0 Å². The largest absolute Gasteiger partial charge is 0.397 e. The quantitative estimate of drug-likeness (QED) is 0.729. The van der Waals surface area contributed by atoms with E-state index in [0.29, 0.717) is 12.1 Å². The average molecular weight is 232 g/mol. The number of benzene rings is 1. The number of nitrogens with zero attached hydrogens (tertiary/aromatic N) is 1. The first-order valence-electron chi connectivity index (χ1n) is 6.48. The van der Waals surface area contributed by atoms with Crippen molar-refractivity contribution in [2.45, 2.75) is 50.8 Å². The zero-order valence-corrected chi connectivity index (χ0v) is 10.3. The number of para-hydroxylation sites is 1. The molecular weight excluding hydrogens is 212 g/mol. The van der Waals surface area contributed by atoms with E-state index >= 15 is 0 Å². The number of hydrogen-bond acceptors (Lipinski definition) is 3. The molecule has 0 radical (unpaired) electrons. The normalized spacial score (nSPS) is 31.9. The van der Waals surface area contributed by atoms with Crippen LogP contribution >= 0.6 is 0 Å². The Labute approximate surface area is 102 Å². The fourth-order valence-corrected chi connectivity index (χ4v) is 3.55. The molecule has 1 aromatic carbocycles. The Hall–Kier alpha value is -1.22. The number of nitrogens with two attached hydrogens (primary N) is 1. The topological polar surface area (TPSA) is 49.5 Å². The maximum Gasteiger partial charge on any atom is 0.0634 e. The summed E-state index contributed by atoms with van der Waals surface area (Å²) in [6.45, 7) is 2.12. The summed E-state index contributed by atoms with van der Waals surface area (Å²) in [6, 6.07) is 7.07. The van der Waals surface area contributed by atoms with E-state index in [4.69, 9.17) is 5.73 Å². The fourth-order valence-electron chi connectivity index (χ4n) is 3.55. The Morgan fingerprint density at radius 3 is 2.47 bits per heavy atom. The van der Waals surface area contributed by atoms with Gasteiger partial charge in [-0.25, -0.2) is 0 Å². The minimum atomic E-state index is -0.117. The standard InChI is InChI=1S/C14H20N2O/c1-9-3-2-4-13(15)14(9)16-10-5-6-11(16)8-12(17)7-10/h2-4,10-12,17H,5-8,15H2,1H3. The van der Waals surface area contributed by atoms with Crippen molar-refractivity contribution in [3.8, 4) is 0 Å². The number of hydrogen-bond donors (Lipinski definition) is 2. The molecule has 0 saturated carbocycles. The number of aryl methyl sites for hydroxylation is 1. The molecule has 2 atom stereocenters. The van der Waals surface area contributed by atoms with E-state index in [1.807, 2.05) is 12.1 Å². The van der Waals surface area contributed by atoms with Crippen molar-refractivity contribution in [2.24, 2.45) is 0 Å². The number of aliphatic hydroxyl groups excluding tert-OH is 1. The van der Waals surface area contributed by atoms with Gasteiger partial charge in [0.2, 0.25) is 0 Å². The molecule has 0 aliphatic carbocycles. The summed E-state index contributed by atoms with van der Waals surface area (Å²) < 4.78 is 0. The highest BCUT2D eigenvalue weighted by Gasteiger charge is 2.41. The highest BCUT2D eigenvalue weighted by atomic mass is 16.3. The van der Waals surface area contributed by atoms with Gasteiger partial charge in [0.15, 0.2) is 0 Å². The predicted molar refractivity (Wildman–Crippen MR) is 70.1 cm³/mol. The van der Waals surface area contributed by atoms with Gasteiger partial charge in [-0.2, -0.15) is 0 Å². The lowest BCUT2D eigenvalue weighted by molar-refractivity contribution is 0.126. The highest BCUT2D eigenvalue weighted by Crippen LogP contribution is 2.42. The van der Waals surface area contributed by atoms with Crippen LogP contribution in [0.2, 0.25) is 0 Å². The Morgan fingerprint density at radius 2 is 1.88 bits per heavy atom. The third-order valence-corrected chi connectivity index (χ3v) is 4.24. The van der Waals surface area contributed by atoms with Crippen molar-refractivity contribution in [1.82, 2.24) is 0 Å². The Balaban J connectivity index is 2.00. The molecule has 0 aromatic heterocycles.